The second kappa shape index (κ2) is 5.45. The van der Waals surface area contributed by atoms with Crippen molar-refractivity contribution in [3.63, 3.8) is 0 Å². The van der Waals surface area contributed by atoms with Crippen LogP contribution in [0.25, 0.3) is 0 Å². The Kier molecular flexibility index (Phi) is 3.94. The molecule has 0 aliphatic heterocycles. The van der Waals surface area contributed by atoms with Crippen LogP contribution in [-0.2, 0) is 6.54 Å². The number of hydrogen-bond acceptors (Lipinski definition) is 4. The largest absolute Gasteiger partial charge is 0.473 e. The van der Waals surface area contributed by atoms with Crippen LogP contribution >= 0.6 is 0 Å². The second-order valence-electron chi connectivity index (χ2n) is 5.22. The zero-order valence-electron chi connectivity index (χ0n) is 10.6. The fourth-order valence-corrected chi connectivity index (χ4v) is 2.73. The Morgan fingerprint density at radius 2 is 2.00 bits per heavy atom. The third-order valence-corrected chi connectivity index (χ3v) is 3.40. The lowest BCUT2D eigenvalue weighted by molar-refractivity contribution is 0.0946. The number of hydrogen-bond donors (Lipinski definition) is 1. The summed E-state index contributed by atoms with van der Waals surface area (Å²) < 4.78 is 5.96. The molecule has 1 fully saturated rings. The molecule has 2 unspecified atom stereocenters. The first-order chi connectivity index (χ1) is 8.19. The summed E-state index contributed by atoms with van der Waals surface area (Å²) >= 11 is 0. The lowest BCUT2D eigenvalue weighted by atomic mass is 9.82. The summed E-state index contributed by atoms with van der Waals surface area (Å²) in [6.45, 7) is 5.02. The average molecular weight is 235 g/mol. The molecule has 1 aromatic rings. The van der Waals surface area contributed by atoms with Gasteiger partial charge in [-0.15, -0.1) is 5.10 Å². The SMILES string of the molecule is CC1CC(C)CC(Oc2nnccc2CN)C1. The second-order valence-corrected chi connectivity index (χ2v) is 5.22. The summed E-state index contributed by atoms with van der Waals surface area (Å²) in [5.74, 6) is 2.06. The summed E-state index contributed by atoms with van der Waals surface area (Å²) in [7, 11) is 0. The molecule has 0 radical (unpaired) electrons. The van der Waals surface area contributed by atoms with E-state index in [0.717, 1.165) is 30.2 Å². The van der Waals surface area contributed by atoms with Gasteiger partial charge in [0, 0.05) is 12.1 Å². The Hall–Kier alpha value is -1.16. The normalized spacial score (nSPS) is 29.0. The lowest BCUT2D eigenvalue weighted by Crippen LogP contribution is -2.29. The third-order valence-electron chi connectivity index (χ3n) is 3.40. The summed E-state index contributed by atoms with van der Waals surface area (Å²) in [5.41, 5.74) is 6.60. The van der Waals surface area contributed by atoms with E-state index in [0.29, 0.717) is 12.4 Å². The van der Waals surface area contributed by atoms with E-state index in [2.05, 4.69) is 24.0 Å². The van der Waals surface area contributed by atoms with Crippen molar-refractivity contribution in [3.8, 4) is 5.88 Å². The Labute approximate surface area is 103 Å². The van der Waals surface area contributed by atoms with Crippen LogP contribution in [0.3, 0.4) is 0 Å². The zero-order valence-corrected chi connectivity index (χ0v) is 10.6. The predicted molar refractivity (Wildman–Crippen MR) is 66.5 cm³/mol. The maximum Gasteiger partial charge on any atom is 0.238 e. The quantitative estimate of drug-likeness (QED) is 0.872. The molecule has 2 N–H and O–H groups in total. The number of aromatic nitrogens is 2. The smallest absolute Gasteiger partial charge is 0.238 e. The van der Waals surface area contributed by atoms with E-state index in [4.69, 9.17) is 10.5 Å². The molecule has 4 heteroatoms. The van der Waals surface area contributed by atoms with Gasteiger partial charge >= 0.3 is 0 Å². The topological polar surface area (TPSA) is 61.0 Å². The minimum atomic E-state index is 0.260. The Morgan fingerprint density at radius 1 is 1.29 bits per heavy atom. The first-order valence-electron chi connectivity index (χ1n) is 6.36. The molecule has 94 valence electrons. The van der Waals surface area contributed by atoms with Crippen LogP contribution in [0.15, 0.2) is 12.3 Å². The molecule has 0 aromatic carbocycles. The molecule has 2 atom stereocenters. The average Bonchev–Trinajstić information content (AvgIpc) is 2.28. The van der Waals surface area contributed by atoms with Crippen LogP contribution in [0, 0.1) is 11.8 Å². The van der Waals surface area contributed by atoms with Gasteiger partial charge in [0.1, 0.15) is 6.10 Å². The molecule has 1 heterocycles. The molecule has 0 bridgehead atoms. The number of rotatable bonds is 3. The van der Waals surface area contributed by atoms with E-state index in [1.54, 1.807) is 6.20 Å². The summed E-state index contributed by atoms with van der Waals surface area (Å²) in [5, 5.41) is 7.91. The van der Waals surface area contributed by atoms with Crippen LogP contribution < -0.4 is 10.5 Å². The number of nitrogens with two attached hydrogens (primary N) is 1. The van der Waals surface area contributed by atoms with Crippen LogP contribution in [-0.4, -0.2) is 16.3 Å². The van der Waals surface area contributed by atoms with Crippen LogP contribution in [0.5, 0.6) is 5.88 Å². The van der Waals surface area contributed by atoms with E-state index in [9.17, 15) is 0 Å². The molecule has 1 saturated carbocycles. The Balaban J connectivity index is 2.04. The van der Waals surface area contributed by atoms with Gasteiger partial charge in [-0.1, -0.05) is 13.8 Å². The van der Waals surface area contributed by atoms with Crippen molar-refractivity contribution in [2.24, 2.45) is 17.6 Å². The number of nitrogens with zero attached hydrogens (tertiary/aromatic N) is 2. The van der Waals surface area contributed by atoms with Gasteiger partial charge in [-0.05, 0) is 37.2 Å². The van der Waals surface area contributed by atoms with Gasteiger partial charge in [-0.3, -0.25) is 0 Å². The van der Waals surface area contributed by atoms with Crippen LogP contribution in [0.1, 0.15) is 38.7 Å². The summed E-state index contributed by atoms with van der Waals surface area (Å²) in [4.78, 5) is 0. The first-order valence-corrected chi connectivity index (χ1v) is 6.36. The van der Waals surface area contributed by atoms with Crippen molar-refractivity contribution < 1.29 is 4.74 Å². The molecule has 2 rings (SSSR count). The highest BCUT2D eigenvalue weighted by molar-refractivity contribution is 5.23. The van der Waals surface area contributed by atoms with Crippen molar-refractivity contribution in [1.82, 2.24) is 10.2 Å². The fraction of sp³-hybridized carbons (Fsp3) is 0.692. The standard InChI is InChI=1S/C13H21N3O/c1-9-5-10(2)7-12(6-9)17-13-11(8-14)3-4-15-16-13/h3-4,9-10,12H,5-8,14H2,1-2H3. The summed E-state index contributed by atoms with van der Waals surface area (Å²) in [6.07, 6.45) is 5.41. The van der Waals surface area contributed by atoms with Crippen molar-refractivity contribution >= 4 is 0 Å². The molecule has 0 amide bonds. The highest BCUT2D eigenvalue weighted by atomic mass is 16.5. The fourth-order valence-electron chi connectivity index (χ4n) is 2.73. The van der Waals surface area contributed by atoms with Crippen LogP contribution in [0.2, 0.25) is 0 Å². The maximum atomic E-state index is 5.96. The molecule has 1 aliphatic carbocycles. The third kappa shape index (κ3) is 3.16. The van der Waals surface area contributed by atoms with Crippen molar-refractivity contribution in [3.05, 3.63) is 17.8 Å². The van der Waals surface area contributed by atoms with Crippen molar-refractivity contribution in [1.29, 1.82) is 0 Å². The minimum absolute atomic E-state index is 0.260. The molecule has 17 heavy (non-hydrogen) atoms. The number of ether oxygens (including phenoxy) is 1. The highest BCUT2D eigenvalue weighted by Gasteiger charge is 2.26. The van der Waals surface area contributed by atoms with Gasteiger partial charge in [0.15, 0.2) is 0 Å². The Bertz CT molecular complexity index is 359. The van der Waals surface area contributed by atoms with Gasteiger partial charge in [0.2, 0.25) is 5.88 Å². The lowest BCUT2D eigenvalue weighted by Gasteiger charge is -2.31. The monoisotopic (exact) mass is 235 g/mol. The van der Waals surface area contributed by atoms with E-state index < -0.39 is 0 Å². The van der Waals surface area contributed by atoms with Gasteiger partial charge in [0.25, 0.3) is 0 Å². The minimum Gasteiger partial charge on any atom is -0.473 e. The molecular formula is C13H21N3O. The summed E-state index contributed by atoms with van der Waals surface area (Å²) in [6, 6.07) is 1.87. The molecule has 4 nitrogen and oxygen atoms in total. The zero-order chi connectivity index (χ0) is 12.3. The van der Waals surface area contributed by atoms with E-state index in [1.807, 2.05) is 6.07 Å². The molecule has 0 saturated heterocycles. The van der Waals surface area contributed by atoms with E-state index in [1.165, 1.54) is 6.42 Å². The van der Waals surface area contributed by atoms with E-state index in [-0.39, 0.29) is 6.10 Å². The van der Waals surface area contributed by atoms with Crippen LogP contribution in [0.4, 0.5) is 0 Å². The van der Waals surface area contributed by atoms with E-state index >= 15 is 0 Å². The van der Waals surface area contributed by atoms with Crippen molar-refractivity contribution in [2.45, 2.75) is 45.8 Å². The predicted octanol–water partition coefficient (Wildman–Crippen LogP) is 2.14. The van der Waals surface area contributed by atoms with Gasteiger partial charge in [0.05, 0.1) is 6.20 Å². The highest BCUT2D eigenvalue weighted by Crippen LogP contribution is 2.31. The molecule has 1 aliphatic rings. The Morgan fingerprint density at radius 3 is 2.65 bits per heavy atom. The first kappa shape index (κ1) is 12.3. The maximum absolute atomic E-state index is 5.96. The van der Waals surface area contributed by atoms with Gasteiger partial charge in [-0.2, -0.15) is 5.10 Å². The molecule has 0 spiro atoms. The van der Waals surface area contributed by atoms with Gasteiger partial charge in [-0.25, -0.2) is 0 Å². The molecule has 1 aromatic heterocycles. The van der Waals surface area contributed by atoms with Crippen molar-refractivity contribution in [2.75, 3.05) is 0 Å². The van der Waals surface area contributed by atoms with Gasteiger partial charge < -0.3 is 10.5 Å². The molecular weight excluding hydrogens is 214 g/mol.